The maximum absolute atomic E-state index is 12.6. The van der Waals surface area contributed by atoms with E-state index in [1.54, 1.807) is 6.08 Å². The molecule has 25 heavy (non-hydrogen) atoms. The van der Waals surface area contributed by atoms with Gasteiger partial charge < -0.3 is 15.2 Å². The summed E-state index contributed by atoms with van der Waals surface area (Å²) in [6, 6.07) is 9.97. The number of aliphatic hydroxyl groups excluding tert-OH is 1. The fourth-order valence-corrected chi connectivity index (χ4v) is 3.37. The zero-order valence-electron chi connectivity index (χ0n) is 14.5. The average Bonchev–Trinajstić information content (AvgIpc) is 3.00. The molecule has 1 unspecified atom stereocenters. The first-order chi connectivity index (χ1) is 12.1. The Morgan fingerprint density at radius 1 is 1.40 bits per heavy atom. The molecule has 0 aliphatic rings. The number of aryl methyl sites for hydroxylation is 2. The van der Waals surface area contributed by atoms with Crippen molar-refractivity contribution in [1.29, 1.82) is 0 Å². The van der Waals surface area contributed by atoms with Gasteiger partial charge in [0.05, 0.1) is 0 Å². The standard InChI is InChI=1S/C20H25NO3S/c1-3-11-21-12-17(22)13-24-19-15(2)14-25-20(19)18(23)10-9-16-7-5-4-6-8-16/h3-8,14,17,21-22H,1,9-13H2,2H3. The van der Waals surface area contributed by atoms with E-state index in [1.165, 1.54) is 11.3 Å². The largest absolute Gasteiger partial charge is 0.489 e. The Morgan fingerprint density at radius 3 is 2.88 bits per heavy atom. The van der Waals surface area contributed by atoms with E-state index in [9.17, 15) is 9.90 Å². The molecule has 0 bridgehead atoms. The van der Waals surface area contributed by atoms with Crippen LogP contribution in [0.4, 0.5) is 0 Å². The number of hydrogen-bond donors (Lipinski definition) is 2. The highest BCUT2D eigenvalue weighted by atomic mass is 32.1. The van der Waals surface area contributed by atoms with Gasteiger partial charge in [-0.1, -0.05) is 36.4 Å². The highest BCUT2D eigenvalue weighted by Crippen LogP contribution is 2.31. The summed E-state index contributed by atoms with van der Waals surface area (Å²) >= 11 is 1.41. The van der Waals surface area contributed by atoms with Crippen molar-refractivity contribution in [3.05, 3.63) is 64.4 Å². The minimum atomic E-state index is -0.633. The van der Waals surface area contributed by atoms with Gasteiger partial charge in [-0.25, -0.2) is 0 Å². The van der Waals surface area contributed by atoms with Crippen LogP contribution in [0.5, 0.6) is 5.75 Å². The fourth-order valence-electron chi connectivity index (χ4n) is 2.41. The van der Waals surface area contributed by atoms with Crippen molar-refractivity contribution < 1.29 is 14.6 Å². The number of hydrogen-bond acceptors (Lipinski definition) is 5. The van der Waals surface area contributed by atoms with E-state index in [0.29, 0.717) is 36.6 Å². The molecule has 0 aliphatic heterocycles. The van der Waals surface area contributed by atoms with Crippen LogP contribution >= 0.6 is 11.3 Å². The molecular weight excluding hydrogens is 334 g/mol. The van der Waals surface area contributed by atoms with Crippen molar-refractivity contribution in [2.75, 3.05) is 19.7 Å². The number of benzene rings is 1. The number of carbonyl (C=O) groups is 1. The van der Waals surface area contributed by atoms with Crippen molar-refractivity contribution >= 4 is 17.1 Å². The predicted molar refractivity (Wildman–Crippen MR) is 103 cm³/mol. The molecule has 2 aromatic rings. The van der Waals surface area contributed by atoms with Gasteiger partial charge in [0.2, 0.25) is 0 Å². The van der Waals surface area contributed by atoms with E-state index < -0.39 is 6.10 Å². The molecule has 1 atom stereocenters. The second-order valence-electron chi connectivity index (χ2n) is 5.90. The first-order valence-electron chi connectivity index (χ1n) is 8.39. The Morgan fingerprint density at radius 2 is 2.16 bits per heavy atom. The van der Waals surface area contributed by atoms with Crippen LogP contribution in [0, 0.1) is 6.92 Å². The molecule has 0 aliphatic carbocycles. The summed E-state index contributed by atoms with van der Waals surface area (Å²) in [6.07, 6.45) is 2.26. The van der Waals surface area contributed by atoms with Gasteiger partial charge >= 0.3 is 0 Å². The third-order valence-corrected chi connectivity index (χ3v) is 4.86. The van der Waals surface area contributed by atoms with Gasteiger partial charge in [-0.3, -0.25) is 4.79 Å². The van der Waals surface area contributed by atoms with Crippen LogP contribution in [0.1, 0.15) is 27.2 Å². The molecule has 1 heterocycles. The molecule has 0 saturated carbocycles. The van der Waals surface area contributed by atoms with Crippen molar-refractivity contribution in [2.45, 2.75) is 25.9 Å². The number of ketones is 1. The Kier molecular flexibility index (Phi) is 7.85. The first-order valence-corrected chi connectivity index (χ1v) is 9.27. The summed E-state index contributed by atoms with van der Waals surface area (Å²) in [5.41, 5.74) is 2.08. The lowest BCUT2D eigenvalue weighted by Gasteiger charge is -2.13. The summed E-state index contributed by atoms with van der Waals surface area (Å²) in [7, 11) is 0. The van der Waals surface area contributed by atoms with Gasteiger partial charge in [0.25, 0.3) is 0 Å². The summed E-state index contributed by atoms with van der Waals surface area (Å²) in [5, 5.41) is 14.9. The molecular formula is C20H25NO3S. The molecule has 1 aromatic carbocycles. The Bertz CT molecular complexity index is 682. The highest BCUT2D eigenvalue weighted by Gasteiger charge is 2.18. The third kappa shape index (κ3) is 6.12. The Labute approximate surface area is 153 Å². The lowest BCUT2D eigenvalue weighted by molar-refractivity contribution is 0.0957. The van der Waals surface area contributed by atoms with Crippen molar-refractivity contribution in [3.63, 3.8) is 0 Å². The van der Waals surface area contributed by atoms with Gasteiger partial charge in [-0.05, 0) is 24.3 Å². The maximum Gasteiger partial charge on any atom is 0.176 e. The molecule has 2 N–H and O–H groups in total. The molecule has 1 aromatic heterocycles. The van der Waals surface area contributed by atoms with E-state index in [4.69, 9.17) is 4.74 Å². The van der Waals surface area contributed by atoms with E-state index in [1.807, 2.05) is 42.6 Å². The van der Waals surface area contributed by atoms with Gasteiger partial charge in [-0.15, -0.1) is 17.9 Å². The molecule has 0 amide bonds. The van der Waals surface area contributed by atoms with Crippen LogP contribution in [0.25, 0.3) is 0 Å². The van der Waals surface area contributed by atoms with Crippen LogP contribution < -0.4 is 10.1 Å². The molecule has 4 nitrogen and oxygen atoms in total. The molecule has 0 spiro atoms. The zero-order chi connectivity index (χ0) is 18.1. The summed E-state index contributed by atoms with van der Waals surface area (Å²) in [5.74, 6) is 0.682. The summed E-state index contributed by atoms with van der Waals surface area (Å²) in [4.78, 5) is 13.2. The predicted octanol–water partition coefficient (Wildman–Crippen LogP) is 3.39. The number of aliphatic hydroxyl groups is 1. The van der Waals surface area contributed by atoms with Gasteiger partial charge in [-0.2, -0.15) is 0 Å². The second-order valence-corrected chi connectivity index (χ2v) is 6.78. The maximum atomic E-state index is 12.6. The molecule has 2 rings (SSSR count). The van der Waals surface area contributed by atoms with Crippen molar-refractivity contribution in [3.8, 4) is 5.75 Å². The minimum Gasteiger partial charge on any atom is -0.489 e. The fraction of sp³-hybridized carbons (Fsp3) is 0.350. The van der Waals surface area contributed by atoms with Crippen LogP contribution in [-0.2, 0) is 6.42 Å². The van der Waals surface area contributed by atoms with Gasteiger partial charge in [0.15, 0.2) is 5.78 Å². The Balaban J connectivity index is 1.91. The Hall–Kier alpha value is -1.95. The number of carbonyl (C=O) groups excluding carboxylic acids is 1. The first kappa shape index (κ1) is 19.4. The SMILES string of the molecule is C=CCNCC(O)COc1c(C)csc1C(=O)CCc1ccccc1. The van der Waals surface area contributed by atoms with Crippen LogP contribution in [-0.4, -0.2) is 36.7 Å². The third-order valence-electron chi connectivity index (χ3n) is 3.74. The average molecular weight is 359 g/mol. The summed E-state index contributed by atoms with van der Waals surface area (Å²) in [6.45, 7) is 6.75. The molecule has 0 fully saturated rings. The minimum absolute atomic E-state index is 0.0798. The van der Waals surface area contributed by atoms with E-state index in [2.05, 4.69) is 11.9 Å². The quantitative estimate of drug-likeness (QED) is 0.367. The lowest BCUT2D eigenvalue weighted by atomic mass is 10.1. The smallest absolute Gasteiger partial charge is 0.176 e. The summed E-state index contributed by atoms with van der Waals surface area (Å²) < 4.78 is 5.75. The number of ether oxygens (including phenoxy) is 1. The van der Waals surface area contributed by atoms with Gasteiger partial charge in [0.1, 0.15) is 23.3 Å². The number of thiophene rings is 1. The second kappa shape index (κ2) is 10.1. The van der Waals surface area contributed by atoms with Crippen LogP contribution in [0.15, 0.2) is 48.4 Å². The van der Waals surface area contributed by atoms with E-state index >= 15 is 0 Å². The normalized spacial score (nSPS) is 11.9. The topological polar surface area (TPSA) is 58.6 Å². The van der Waals surface area contributed by atoms with Crippen LogP contribution in [0.3, 0.4) is 0 Å². The molecule has 5 heteroatoms. The molecule has 0 saturated heterocycles. The monoisotopic (exact) mass is 359 g/mol. The zero-order valence-corrected chi connectivity index (χ0v) is 15.3. The van der Waals surface area contributed by atoms with Gasteiger partial charge in [0, 0.05) is 25.1 Å². The lowest BCUT2D eigenvalue weighted by Crippen LogP contribution is -2.31. The number of nitrogens with one attached hydrogen (secondary N) is 1. The number of Topliss-reactive ketones (excluding diaryl/α,β-unsaturated/α-hetero) is 1. The number of rotatable bonds is 11. The van der Waals surface area contributed by atoms with Crippen LogP contribution in [0.2, 0.25) is 0 Å². The van der Waals surface area contributed by atoms with E-state index in [0.717, 1.165) is 11.1 Å². The molecule has 0 radical (unpaired) electrons. The van der Waals surface area contributed by atoms with Crippen molar-refractivity contribution in [1.82, 2.24) is 5.32 Å². The van der Waals surface area contributed by atoms with E-state index in [-0.39, 0.29) is 12.4 Å². The molecule has 134 valence electrons. The van der Waals surface area contributed by atoms with Crippen molar-refractivity contribution in [2.24, 2.45) is 0 Å². The highest BCUT2D eigenvalue weighted by molar-refractivity contribution is 7.12.